The molecule has 0 bridgehead atoms. The number of imide groups is 1. The molecule has 3 aromatic rings. The highest BCUT2D eigenvalue weighted by molar-refractivity contribution is 8.18. The summed E-state index contributed by atoms with van der Waals surface area (Å²) in [6.45, 7) is 6.40. The van der Waals surface area contributed by atoms with Gasteiger partial charge in [0.25, 0.3) is 16.8 Å². The molecule has 200 valence electrons. The molecule has 1 aliphatic rings. The molecule has 0 saturated carbocycles. The lowest BCUT2D eigenvalue weighted by Gasteiger charge is -2.17. The number of hydrogen-bond donors (Lipinski definition) is 0. The molecule has 1 saturated heterocycles. The summed E-state index contributed by atoms with van der Waals surface area (Å²) in [6.07, 6.45) is 1.56. The molecule has 0 N–H and O–H groups in total. The largest absolute Gasteiger partial charge is 0.491 e. The zero-order valence-electron chi connectivity index (χ0n) is 21.6. The van der Waals surface area contributed by atoms with E-state index in [1.165, 1.54) is 24.3 Å². The van der Waals surface area contributed by atoms with Crippen LogP contribution < -0.4 is 9.47 Å². The number of amides is 2. The van der Waals surface area contributed by atoms with Crippen LogP contribution in [0.25, 0.3) is 6.08 Å². The van der Waals surface area contributed by atoms with Crippen LogP contribution in [0.3, 0.4) is 0 Å². The number of esters is 1. The van der Waals surface area contributed by atoms with Gasteiger partial charge in [-0.1, -0.05) is 38.1 Å². The Hall–Kier alpha value is -4.44. The van der Waals surface area contributed by atoms with E-state index in [1.807, 2.05) is 25.1 Å². The van der Waals surface area contributed by atoms with Crippen molar-refractivity contribution in [1.29, 1.82) is 0 Å². The van der Waals surface area contributed by atoms with Crippen LogP contribution in [-0.4, -0.2) is 40.1 Å². The smallest absolute Gasteiger partial charge is 0.343 e. The summed E-state index contributed by atoms with van der Waals surface area (Å²) in [5, 5.41) is 10.4. The van der Waals surface area contributed by atoms with E-state index in [1.54, 1.807) is 30.3 Å². The number of hydrogen-bond acceptors (Lipinski definition) is 8. The van der Waals surface area contributed by atoms with Crippen molar-refractivity contribution >= 4 is 40.6 Å². The van der Waals surface area contributed by atoms with E-state index in [-0.39, 0.29) is 46.2 Å². The van der Waals surface area contributed by atoms with Gasteiger partial charge in [-0.05, 0) is 77.7 Å². The Labute approximate surface area is 229 Å². The number of ether oxygens (including phenoxy) is 2. The minimum Gasteiger partial charge on any atom is -0.491 e. The molecule has 3 aromatic carbocycles. The van der Waals surface area contributed by atoms with Crippen LogP contribution in [0.1, 0.15) is 46.8 Å². The van der Waals surface area contributed by atoms with Crippen molar-refractivity contribution in [3.63, 3.8) is 0 Å². The lowest BCUT2D eigenvalue weighted by atomic mass is 10.0. The Morgan fingerprint density at radius 1 is 1.08 bits per heavy atom. The average molecular weight is 547 g/mol. The molecule has 4 rings (SSSR count). The van der Waals surface area contributed by atoms with Gasteiger partial charge in [-0.2, -0.15) is 0 Å². The van der Waals surface area contributed by atoms with Crippen LogP contribution >= 0.6 is 11.8 Å². The van der Waals surface area contributed by atoms with E-state index in [4.69, 9.17) is 9.47 Å². The third-order valence-corrected chi connectivity index (χ3v) is 6.82. The zero-order chi connectivity index (χ0) is 28.1. The topological polar surface area (TPSA) is 116 Å². The van der Waals surface area contributed by atoms with E-state index >= 15 is 0 Å². The van der Waals surface area contributed by atoms with Gasteiger partial charge in [0.15, 0.2) is 0 Å². The van der Waals surface area contributed by atoms with Gasteiger partial charge in [-0.3, -0.25) is 24.6 Å². The summed E-state index contributed by atoms with van der Waals surface area (Å²) in [7, 11) is 0. The number of carbonyl (C=O) groups is 3. The van der Waals surface area contributed by atoms with E-state index in [2.05, 4.69) is 13.8 Å². The molecule has 0 radical (unpaired) electrons. The van der Waals surface area contributed by atoms with Crippen molar-refractivity contribution in [2.24, 2.45) is 0 Å². The second-order valence-electron chi connectivity index (χ2n) is 9.14. The summed E-state index contributed by atoms with van der Waals surface area (Å²) in [6, 6.07) is 17.6. The van der Waals surface area contributed by atoms with E-state index in [0.29, 0.717) is 5.56 Å². The first-order chi connectivity index (χ1) is 18.6. The number of nitro benzene ring substituents is 1. The number of non-ortho nitro benzene ring substituents is 1. The fourth-order valence-electron chi connectivity index (χ4n) is 3.89. The standard InChI is InChI=1S/C29H26N2O7S/c1-18(2)24-12-7-19(3)15-25(24)37-14-13-30-27(32)26(39-29(30)34)17-20-5-4-6-23(16-20)38-28(33)21-8-10-22(11-9-21)31(35)36/h4-12,15-18H,13-14H2,1-3H3/b26-17-. The minimum absolute atomic E-state index is 0.111. The first-order valence-corrected chi connectivity index (χ1v) is 13.0. The van der Waals surface area contributed by atoms with Crippen LogP contribution in [0.15, 0.2) is 71.6 Å². The zero-order valence-corrected chi connectivity index (χ0v) is 22.4. The van der Waals surface area contributed by atoms with Crippen molar-refractivity contribution in [1.82, 2.24) is 4.90 Å². The van der Waals surface area contributed by atoms with Crippen molar-refractivity contribution in [3.05, 3.63) is 104 Å². The highest BCUT2D eigenvalue weighted by atomic mass is 32.2. The maximum atomic E-state index is 12.9. The molecule has 39 heavy (non-hydrogen) atoms. The Morgan fingerprint density at radius 2 is 1.82 bits per heavy atom. The maximum absolute atomic E-state index is 12.9. The number of aryl methyl sites for hydroxylation is 1. The predicted octanol–water partition coefficient (Wildman–Crippen LogP) is 6.36. The third kappa shape index (κ3) is 6.71. The fourth-order valence-corrected chi connectivity index (χ4v) is 4.75. The number of nitro groups is 1. The van der Waals surface area contributed by atoms with Gasteiger partial charge in [0.2, 0.25) is 0 Å². The van der Waals surface area contributed by atoms with Gasteiger partial charge in [-0.15, -0.1) is 0 Å². The molecule has 1 fully saturated rings. The summed E-state index contributed by atoms with van der Waals surface area (Å²) in [4.78, 5) is 49.6. The second kappa shape index (κ2) is 12.0. The first-order valence-electron chi connectivity index (χ1n) is 12.2. The second-order valence-corrected chi connectivity index (χ2v) is 10.1. The van der Waals surface area contributed by atoms with Crippen molar-refractivity contribution in [2.75, 3.05) is 13.2 Å². The van der Waals surface area contributed by atoms with Crippen LogP contribution in [0.4, 0.5) is 10.5 Å². The van der Waals surface area contributed by atoms with Crippen LogP contribution in [0.5, 0.6) is 11.5 Å². The molecule has 10 heteroatoms. The molecule has 1 heterocycles. The van der Waals surface area contributed by atoms with E-state index in [0.717, 1.165) is 33.5 Å². The highest BCUT2D eigenvalue weighted by Crippen LogP contribution is 2.33. The van der Waals surface area contributed by atoms with Crippen LogP contribution in [0.2, 0.25) is 0 Å². The van der Waals surface area contributed by atoms with Crippen molar-refractivity contribution < 1.29 is 28.8 Å². The molecule has 0 atom stereocenters. The van der Waals surface area contributed by atoms with Gasteiger partial charge >= 0.3 is 5.97 Å². The van der Waals surface area contributed by atoms with Gasteiger partial charge in [0.1, 0.15) is 18.1 Å². The van der Waals surface area contributed by atoms with Crippen molar-refractivity contribution in [3.8, 4) is 11.5 Å². The Kier molecular flexibility index (Phi) is 8.46. The molecule has 9 nitrogen and oxygen atoms in total. The van der Waals surface area contributed by atoms with Crippen molar-refractivity contribution in [2.45, 2.75) is 26.7 Å². The number of carbonyl (C=O) groups excluding carboxylic acids is 3. The number of rotatable bonds is 9. The molecule has 0 aromatic heterocycles. The molecule has 1 aliphatic heterocycles. The average Bonchev–Trinajstić information content (AvgIpc) is 3.16. The number of benzene rings is 3. The van der Waals surface area contributed by atoms with E-state index in [9.17, 15) is 24.5 Å². The van der Waals surface area contributed by atoms with Gasteiger partial charge in [0.05, 0.1) is 21.9 Å². The quantitative estimate of drug-likeness (QED) is 0.100. The van der Waals surface area contributed by atoms with E-state index < -0.39 is 16.8 Å². The normalized spacial score (nSPS) is 14.3. The lowest BCUT2D eigenvalue weighted by molar-refractivity contribution is -0.384. The monoisotopic (exact) mass is 546 g/mol. The molecular formula is C29H26N2O7S. The number of nitrogens with zero attached hydrogens (tertiary/aromatic N) is 2. The molecule has 0 unspecified atom stereocenters. The molecule has 2 amide bonds. The van der Waals surface area contributed by atoms with Crippen LogP contribution in [-0.2, 0) is 4.79 Å². The van der Waals surface area contributed by atoms with Gasteiger partial charge in [0, 0.05) is 12.1 Å². The summed E-state index contributed by atoms with van der Waals surface area (Å²) in [5.41, 5.74) is 2.70. The predicted molar refractivity (Wildman–Crippen MR) is 148 cm³/mol. The third-order valence-electron chi connectivity index (χ3n) is 5.92. The van der Waals surface area contributed by atoms with Gasteiger partial charge in [-0.25, -0.2) is 4.79 Å². The summed E-state index contributed by atoms with van der Waals surface area (Å²) < 4.78 is 11.3. The molecule has 0 spiro atoms. The lowest BCUT2D eigenvalue weighted by Crippen LogP contribution is -2.32. The Morgan fingerprint density at radius 3 is 2.51 bits per heavy atom. The maximum Gasteiger partial charge on any atom is 0.343 e. The summed E-state index contributed by atoms with van der Waals surface area (Å²) >= 11 is 0.834. The molecule has 0 aliphatic carbocycles. The van der Waals surface area contributed by atoms with Crippen LogP contribution in [0, 0.1) is 17.0 Å². The Bertz CT molecular complexity index is 1460. The fraction of sp³-hybridized carbons (Fsp3) is 0.207. The van der Waals surface area contributed by atoms with Gasteiger partial charge < -0.3 is 9.47 Å². The highest BCUT2D eigenvalue weighted by Gasteiger charge is 2.34. The Balaban J connectivity index is 1.40. The first kappa shape index (κ1) is 27.6. The minimum atomic E-state index is -0.684. The SMILES string of the molecule is Cc1ccc(C(C)C)c(OCCN2C(=O)S/C(=C\c3cccc(OC(=O)c4ccc([N+](=O)[O-])cc4)c3)C2=O)c1. The number of thioether (sulfide) groups is 1. The summed E-state index contributed by atoms with van der Waals surface area (Å²) in [5.74, 6) is 0.128. The molecular weight excluding hydrogens is 520 g/mol.